The number of para-hydroxylation sites is 1. The van der Waals surface area contributed by atoms with Crippen molar-refractivity contribution in [3.8, 4) is 5.75 Å². The first kappa shape index (κ1) is 18.6. The van der Waals surface area contributed by atoms with Crippen LogP contribution in [0.3, 0.4) is 0 Å². The summed E-state index contributed by atoms with van der Waals surface area (Å²) in [5.74, 6) is 3.43. The number of ether oxygens (including phenoxy) is 1. The first-order valence-corrected chi connectivity index (χ1v) is 8.76. The Morgan fingerprint density at radius 1 is 1.22 bits per heavy atom. The van der Waals surface area contributed by atoms with Crippen LogP contribution in [0.2, 0.25) is 0 Å². The van der Waals surface area contributed by atoms with Gasteiger partial charge in [0.15, 0.2) is 0 Å². The molecule has 3 rings (SSSR count). The Hall–Kier alpha value is -0.770. The van der Waals surface area contributed by atoms with Crippen molar-refractivity contribution in [1.82, 2.24) is 5.32 Å². The van der Waals surface area contributed by atoms with Crippen LogP contribution in [0.15, 0.2) is 24.3 Å². The van der Waals surface area contributed by atoms with Crippen molar-refractivity contribution in [2.45, 2.75) is 57.6 Å². The quantitative estimate of drug-likeness (QED) is 0.795. The summed E-state index contributed by atoms with van der Waals surface area (Å²) in [5.41, 5.74) is 1.36. The van der Waals surface area contributed by atoms with E-state index in [2.05, 4.69) is 37.4 Å². The predicted octanol–water partition coefficient (Wildman–Crippen LogP) is 3.75. The second-order valence-corrected chi connectivity index (χ2v) is 7.35. The molecule has 0 aliphatic heterocycles. The van der Waals surface area contributed by atoms with E-state index >= 15 is 0 Å². The Bertz CT molecular complexity index is 494. The van der Waals surface area contributed by atoms with E-state index in [-0.39, 0.29) is 12.4 Å². The maximum absolute atomic E-state index is 10.0. The molecule has 0 heterocycles. The van der Waals surface area contributed by atoms with Gasteiger partial charge in [-0.25, -0.2) is 0 Å². The van der Waals surface area contributed by atoms with E-state index < -0.39 is 6.10 Å². The third kappa shape index (κ3) is 4.62. The molecule has 0 aromatic heterocycles. The lowest BCUT2D eigenvalue weighted by Crippen LogP contribution is -2.35. The molecule has 2 aliphatic carbocycles. The van der Waals surface area contributed by atoms with Crippen LogP contribution in [-0.4, -0.2) is 30.4 Å². The van der Waals surface area contributed by atoms with E-state index in [0.29, 0.717) is 25.1 Å². The van der Waals surface area contributed by atoms with Crippen molar-refractivity contribution in [3.63, 3.8) is 0 Å². The van der Waals surface area contributed by atoms with Crippen LogP contribution >= 0.6 is 12.4 Å². The molecule has 130 valence electrons. The number of hydrogen-bond donors (Lipinski definition) is 2. The van der Waals surface area contributed by atoms with Gasteiger partial charge in [-0.05, 0) is 48.6 Å². The monoisotopic (exact) mass is 339 g/mol. The summed E-state index contributed by atoms with van der Waals surface area (Å²) in [7, 11) is 0. The summed E-state index contributed by atoms with van der Waals surface area (Å²) >= 11 is 0. The van der Waals surface area contributed by atoms with E-state index in [9.17, 15) is 5.11 Å². The van der Waals surface area contributed by atoms with Crippen LogP contribution in [0.4, 0.5) is 0 Å². The maximum atomic E-state index is 10.0. The van der Waals surface area contributed by atoms with Crippen LogP contribution < -0.4 is 10.1 Å². The SMILES string of the molecule is CC(C)NCC(O)COc1ccccc1C1CC2CCC1C2.Cl. The highest BCUT2D eigenvalue weighted by Gasteiger charge is 2.41. The largest absolute Gasteiger partial charge is 0.491 e. The molecule has 2 aliphatic rings. The van der Waals surface area contributed by atoms with Gasteiger partial charge in [-0.3, -0.25) is 0 Å². The lowest BCUT2D eigenvalue weighted by Gasteiger charge is -2.25. The zero-order valence-electron chi connectivity index (χ0n) is 14.2. The second-order valence-electron chi connectivity index (χ2n) is 7.35. The Balaban J connectivity index is 0.00000192. The zero-order chi connectivity index (χ0) is 15.5. The number of halogens is 1. The van der Waals surface area contributed by atoms with Gasteiger partial charge in [0.1, 0.15) is 18.5 Å². The molecule has 2 bridgehead atoms. The maximum Gasteiger partial charge on any atom is 0.122 e. The number of rotatable bonds is 7. The highest BCUT2D eigenvalue weighted by atomic mass is 35.5. The average Bonchev–Trinajstić information content (AvgIpc) is 3.14. The Morgan fingerprint density at radius 2 is 2.00 bits per heavy atom. The molecule has 4 heteroatoms. The molecule has 2 fully saturated rings. The normalized spacial score (nSPS) is 27.0. The van der Waals surface area contributed by atoms with Crippen molar-refractivity contribution < 1.29 is 9.84 Å². The van der Waals surface area contributed by atoms with E-state index in [0.717, 1.165) is 17.6 Å². The van der Waals surface area contributed by atoms with Crippen LogP contribution in [0.1, 0.15) is 51.0 Å². The van der Waals surface area contributed by atoms with Gasteiger partial charge < -0.3 is 15.2 Å². The molecule has 3 nitrogen and oxygen atoms in total. The molecule has 23 heavy (non-hydrogen) atoms. The summed E-state index contributed by atoms with van der Waals surface area (Å²) in [6, 6.07) is 8.81. The van der Waals surface area contributed by atoms with Crippen LogP contribution in [-0.2, 0) is 0 Å². The van der Waals surface area contributed by atoms with Crippen LogP contribution in [0.5, 0.6) is 5.75 Å². The Morgan fingerprint density at radius 3 is 2.65 bits per heavy atom. The first-order chi connectivity index (χ1) is 10.6. The fourth-order valence-corrected chi connectivity index (χ4v) is 4.16. The standard InChI is InChI=1S/C19H29NO2.ClH/c1-13(2)20-11-16(21)12-22-19-6-4-3-5-17(19)18-10-14-7-8-15(18)9-14;/h3-6,13-16,18,20-21H,7-12H2,1-2H3;1H. The molecular weight excluding hydrogens is 310 g/mol. The van der Waals surface area contributed by atoms with Crippen molar-refractivity contribution in [2.75, 3.05) is 13.2 Å². The molecule has 0 radical (unpaired) electrons. The summed E-state index contributed by atoms with van der Waals surface area (Å²) in [6.07, 6.45) is 5.06. The van der Waals surface area contributed by atoms with E-state index in [1.54, 1.807) is 0 Å². The molecule has 1 aromatic rings. The van der Waals surface area contributed by atoms with Crippen molar-refractivity contribution >= 4 is 12.4 Å². The minimum absolute atomic E-state index is 0. The smallest absolute Gasteiger partial charge is 0.122 e. The van der Waals surface area contributed by atoms with E-state index in [1.807, 2.05) is 6.07 Å². The van der Waals surface area contributed by atoms with Crippen LogP contribution in [0.25, 0.3) is 0 Å². The minimum atomic E-state index is -0.463. The number of fused-ring (bicyclic) bond motifs is 2. The Labute approximate surface area is 146 Å². The molecule has 2 N–H and O–H groups in total. The molecule has 4 atom stereocenters. The molecule has 0 amide bonds. The second kappa shape index (κ2) is 8.36. The predicted molar refractivity (Wildman–Crippen MR) is 96.5 cm³/mol. The highest BCUT2D eigenvalue weighted by molar-refractivity contribution is 5.85. The third-order valence-electron chi connectivity index (χ3n) is 5.25. The molecule has 4 unspecified atom stereocenters. The number of nitrogens with one attached hydrogen (secondary N) is 1. The van der Waals surface area contributed by atoms with Gasteiger partial charge in [-0.15, -0.1) is 12.4 Å². The molecule has 0 spiro atoms. The summed E-state index contributed by atoms with van der Waals surface area (Å²) in [5, 5.41) is 13.3. The van der Waals surface area contributed by atoms with Crippen LogP contribution in [0, 0.1) is 11.8 Å². The van der Waals surface area contributed by atoms with Crippen molar-refractivity contribution in [2.24, 2.45) is 11.8 Å². The third-order valence-corrected chi connectivity index (χ3v) is 5.25. The minimum Gasteiger partial charge on any atom is -0.491 e. The first-order valence-electron chi connectivity index (χ1n) is 8.76. The van der Waals surface area contributed by atoms with Gasteiger partial charge in [-0.1, -0.05) is 38.5 Å². The molecule has 2 saturated carbocycles. The van der Waals surface area contributed by atoms with Gasteiger partial charge in [-0.2, -0.15) is 0 Å². The van der Waals surface area contributed by atoms with Crippen molar-refractivity contribution in [1.29, 1.82) is 0 Å². The van der Waals surface area contributed by atoms with Gasteiger partial charge in [0, 0.05) is 12.6 Å². The number of aliphatic hydroxyl groups excluding tert-OH is 1. The molecule has 0 saturated heterocycles. The van der Waals surface area contributed by atoms with Gasteiger partial charge in [0.05, 0.1) is 0 Å². The lowest BCUT2D eigenvalue weighted by molar-refractivity contribution is 0.103. The summed E-state index contributed by atoms with van der Waals surface area (Å²) in [4.78, 5) is 0. The Kier molecular flexibility index (Phi) is 6.75. The topological polar surface area (TPSA) is 41.5 Å². The van der Waals surface area contributed by atoms with Gasteiger partial charge in [0.25, 0.3) is 0 Å². The van der Waals surface area contributed by atoms with E-state index in [1.165, 1.54) is 31.2 Å². The molecular formula is C19H30ClNO2. The van der Waals surface area contributed by atoms with Gasteiger partial charge >= 0.3 is 0 Å². The fourth-order valence-electron chi connectivity index (χ4n) is 4.16. The van der Waals surface area contributed by atoms with E-state index in [4.69, 9.17) is 4.74 Å². The van der Waals surface area contributed by atoms with Crippen molar-refractivity contribution in [3.05, 3.63) is 29.8 Å². The van der Waals surface area contributed by atoms with Gasteiger partial charge in [0.2, 0.25) is 0 Å². The number of hydrogen-bond acceptors (Lipinski definition) is 3. The lowest BCUT2D eigenvalue weighted by atomic mass is 9.83. The summed E-state index contributed by atoms with van der Waals surface area (Å²) < 4.78 is 5.96. The summed E-state index contributed by atoms with van der Waals surface area (Å²) in [6.45, 7) is 5.10. The fraction of sp³-hybridized carbons (Fsp3) is 0.684. The molecule has 1 aromatic carbocycles. The number of benzene rings is 1. The average molecular weight is 340 g/mol. The number of aliphatic hydroxyl groups is 1. The highest BCUT2D eigenvalue weighted by Crippen LogP contribution is 2.54. The zero-order valence-corrected chi connectivity index (χ0v) is 15.0.